The van der Waals surface area contributed by atoms with Gasteiger partial charge in [0.05, 0.1) is 0 Å². The van der Waals surface area contributed by atoms with Gasteiger partial charge in [0.1, 0.15) is 0 Å². The molecular formula is C10H23NO. The standard InChI is InChI=1S/C7H15NO.C3H8/c1-4-5-6(2)8-7(3)9;1-3-2/h6H,4-5H2,1-3H3,(H,8,9);3H2,1-2H3. The molecule has 0 aliphatic rings. The highest BCUT2D eigenvalue weighted by atomic mass is 16.1. The Balaban J connectivity index is 0. The quantitative estimate of drug-likeness (QED) is 0.698. The maximum Gasteiger partial charge on any atom is 0.217 e. The lowest BCUT2D eigenvalue weighted by atomic mass is 10.2. The van der Waals surface area contributed by atoms with Crippen molar-refractivity contribution < 1.29 is 4.79 Å². The molecule has 0 rings (SSSR count). The Labute approximate surface area is 76.7 Å². The number of carbonyl (C=O) groups excluding carboxylic acids is 1. The molecule has 0 bridgehead atoms. The summed E-state index contributed by atoms with van der Waals surface area (Å²) in [5.41, 5.74) is 0. The summed E-state index contributed by atoms with van der Waals surface area (Å²) >= 11 is 0. The average molecular weight is 173 g/mol. The Morgan fingerprint density at radius 2 is 1.75 bits per heavy atom. The molecule has 0 spiro atoms. The van der Waals surface area contributed by atoms with E-state index in [-0.39, 0.29) is 5.91 Å². The minimum absolute atomic E-state index is 0.0657. The molecule has 0 radical (unpaired) electrons. The monoisotopic (exact) mass is 173 g/mol. The Morgan fingerprint density at radius 1 is 1.33 bits per heavy atom. The topological polar surface area (TPSA) is 29.1 Å². The highest BCUT2D eigenvalue weighted by Crippen LogP contribution is 1.93. The van der Waals surface area contributed by atoms with Crippen LogP contribution in [-0.2, 0) is 4.79 Å². The van der Waals surface area contributed by atoms with Gasteiger partial charge in [0.2, 0.25) is 5.91 Å². The lowest BCUT2D eigenvalue weighted by Crippen LogP contribution is -2.29. The third kappa shape index (κ3) is 16.2. The molecule has 2 nitrogen and oxygen atoms in total. The summed E-state index contributed by atoms with van der Waals surface area (Å²) < 4.78 is 0. The molecule has 0 aromatic heterocycles. The lowest BCUT2D eigenvalue weighted by Gasteiger charge is -2.09. The predicted molar refractivity (Wildman–Crippen MR) is 54.2 cm³/mol. The van der Waals surface area contributed by atoms with Gasteiger partial charge in [0.15, 0.2) is 0 Å². The van der Waals surface area contributed by atoms with E-state index in [9.17, 15) is 4.79 Å². The van der Waals surface area contributed by atoms with Gasteiger partial charge in [0.25, 0.3) is 0 Å². The first-order valence-corrected chi connectivity index (χ1v) is 4.85. The summed E-state index contributed by atoms with van der Waals surface area (Å²) in [6.07, 6.45) is 3.45. The third-order valence-electron chi connectivity index (χ3n) is 1.17. The summed E-state index contributed by atoms with van der Waals surface area (Å²) in [4.78, 5) is 10.4. The zero-order valence-electron chi connectivity index (χ0n) is 9.11. The van der Waals surface area contributed by atoms with E-state index in [0.29, 0.717) is 6.04 Å². The van der Waals surface area contributed by atoms with Crippen LogP contribution < -0.4 is 5.32 Å². The number of nitrogens with one attached hydrogen (secondary N) is 1. The molecule has 12 heavy (non-hydrogen) atoms. The van der Waals surface area contributed by atoms with Crippen molar-refractivity contribution >= 4 is 5.91 Å². The SMILES string of the molecule is CCC.CCCC(C)NC(C)=O. The summed E-state index contributed by atoms with van der Waals surface area (Å²) in [6, 6.07) is 0.340. The van der Waals surface area contributed by atoms with E-state index < -0.39 is 0 Å². The fourth-order valence-corrected chi connectivity index (χ4v) is 0.852. The predicted octanol–water partition coefficient (Wildman–Crippen LogP) is 2.73. The largest absolute Gasteiger partial charge is 0.354 e. The molecule has 1 unspecified atom stereocenters. The zero-order valence-corrected chi connectivity index (χ0v) is 9.11. The van der Waals surface area contributed by atoms with Crippen LogP contribution in [0.15, 0.2) is 0 Å². The second-order valence-electron chi connectivity index (χ2n) is 3.10. The van der Waals surface area contributed by atoms with Gasteiger partial charge in [-0.15, -0.1) is 0 Å². The summed E-state index contributed by atoms with van der Waals surface area (Å²) in [6.45, 7) is 9.93. The first-order valence-electron chi connectivity index (χ1n) is 4.85. The van der Waals surface area contributed by atoms with Gasteiger partial charge in [0, 0.05) is 13.0 Å². The molecule has 0 saturated carbocycles. The molecule has 1 atom stereocenters. The number of hydrogen-bond acceptors (Lipinski definition) is 1. The molecule has 2 heteroatoms. The second kappa shape index (κ2) is 10.5. The van der Waals surface area contributed by atoms with Crippen molar-refractivity contribution in [3.63, 3.8) is 0 Å². The maximum atomic E-state index is 10.4. The van der Waals surface area contributed by atoms with Crippen LogP contribution in [0.5, 0.6) is 0 Å². The van der Waals surface area contributed by atoms with Crippen LogP contribution in [0.3, 0.4) is 0 Å². The van der Waals surface area contributed by atoms with Crippen LogP contribution in [0.1, 0.15) is 53.9 Å². The van der Waals surface area contributed by atoms with Crippen LogP contribution in [0.25, 0.3) is 0 Å². The van der Waals surface area contributed by atoms with Crippen molar-refractivity contribution in [3.05, 3.63) is 0 Å². The average Bonchev–Trinajstić information content (AvgIpc) is 1.87. The Morgan fingerprint density at radius 3 is 2.00 bits per heavy atom. The van der Waals surface area contributed by atoms with Crippen molar-refractivity contribution in [1.82, 2.24) is 5.32 Å². The van der Waals surface area contributed by atoms with E-state index >= 15 is 0 Å². The fourth-order valence-electron chi connectivity index (χ4n) is 0.852. The summed E-state index contributed by atoms with van der Waals surface area (Å²) in [5.74, 6) is 0.0657. The van der Waals surface area contributed by atoms with E-state index in [0.717, 1.165) is 12.8 Å². The molecule has 74 valence electrons. The van der Waals surface area contributed by atoms with Gasteiger partial charge >= 0.3 is 0 Å². The minimum Gasteiger partial charge on any atom is -0.354 e. The van der Waals surface area contributed by atoms with Gasteiger partial charge in [-0.05, 0) is 13.3 Å². The highest BCUT2D eigenvalue weighted by Gasteiger charge is 1.99. The van der Waals surface area contributed by atoms with E-state index in [2.05, 4.69) is 26.1 Å². The number of carbonyl (C=O) groups is 1. The summed E-state index contributed by atoms with van der Waals surface area (Å²) in [5, 5.41) is 2.80. The van der Waals surface area contributed by atoms with E-state index in [1.165, 1.54) is 6.42 Å². The van der Waals surface area contributed by atoms with Crippen LogP contribution in [0.2, 0.25) is 0 Å². The van der Waals surface area contributed by atoms with E-state index in [4.69, 9.17) is 0 Å². The molecule has 0 aliphatic carbocycles. The first-order chi connectivity index (χ1) is 5.58. The van der Waals surface area contributed by atoms with Gasteiger partial charge in [-0.3, -0.25) is 4.79 Å². The van der Waals surface area contributed by atoms with Gasteiger partial charge in [-0.25, -0.2) is 0 Å². The molecule has 0 heterocycles. The van der Waals surface area contributed by atoms with Crippen LogP contribution in [0.4, 0.5) is 0 Å². The molecule has 0 saturated heterocycles. The third-order valence-corrected chi connectivity index (χ3v) is 1.17. The normalized spacial score (nSPS) is 11.1. The second-order valence-corrected chi connectivity index (χ2v) is 3.10. The van der Waals surface area contributed by atoms with Crippen molar-refractivity contribution in [2.75, 3.05) is 0 Å². The first kappa shape index (κ1) is 14.0. The Hall–Kier alpha value is -0.530. The molecular weight excluding hydrogens is 150 g/mol. The van der Waals surface area contributed by atoms with Crippen LogP contribution in [0, 0.1) is 0 Å². The number of amides is 1. The van der Waals surface area contributed by atoms with Crippen molar-refractivity contribution in [1.29, 1.82) is 0 Å². The van der Waals surface area contributed by atoms with Crippen LogP contribution >= 0.6 is 0 Å². The van der Waals surface area contributed by atoms with Gasteiger partial charge in [-0.2, -0.15) is 0 Å². The molecule has 1 N–H and O–H groups in total. The minimum atomic E-state index is 0.0657. The van der Waals surface area contributed by atoms with E-state index in [1.807, 2.05) is 6.92 Å². The van der Waals surface area contributed by atoms with Crippen LogP contribution in [-0.4, -0.2) is 11.9 Å². The van der Waals surface area contributed by atoms with Gasteiger partial charge in [-0.1, -0.05) is 33.6 Å². The molecule has 0 aliphatic heterocycles. The maximum absolute atomic E-state index is 10.4. The Bertz CT molecular complexity index is 102. The van der Waals surface area contributed by atoms with Gasteiger partial charge < -0.3 is 5.32 Å². The van der Waals surface area contributed by atoms with E-state index in [1.54, 1.807) is 6.92 Å². The van der Waals surface area contributed by atoms with Crippen molar-refractivity contribution in [2.24, 2.45) is 0 Å². The molecule has 0 fully saturated rings. The van der Waals surface area contributed by atoms with Crippen molar-refractivity contribution in [2.45, 2.75) is 59.9 Å². The lowest BCUT2D eigenvalue weighted by molar-refractivity contribution is -0.119. The molecule has 1 amide bonds. The highest BCUT2D eigenvalue weighted by molar-refractivity contribution is 5.73. The molecule has 0 aromatic carbocycles. The smallest absolute Gasteiger partial charge is 0.217 e. The summed E-state index contributed by atoms with van der Waals surface area (Å²) in [7, 11) is 0. The number of rotatable bonds is 3. The Kier molecular flexibility index (Phi) is 12.2. The fraction of sp³-hybridized carbons (Fsp3) is 0.900. The number of hydrogen-bond donors (Lipinski definition) is 1. The zero-order chi connectivity index (χ0) is 9.98. The molecule has 0 aromatic rings. The van der Waals surface area contributed by atoms with Crippen molar-refractivity contribution in [3.8, 4) is 0 Å².